The molecule has 0 bridgehead atoms. The zero-order valence-corrected chi connectivity index (χ0v) is 10.8. The Hall–Kier alpha value is -1.87. The first-order valence-electron chi connectivity index (χ1n) is 6.03. The average Bonchev–Trinajstić information content (AvgIpc) is 2.46. The SMILES string of the molecule is CNCC(c1ccncc1)c1ccc(OC)cc1. The summed E-state index contributed by atoms with van der Waals surface area (Å²) in [4.78, 5) is 4.07. The number of likely N-dealkylation sites (N-methyl/N-ethyl adjacent to an activating group) is 1. The zero-order valence-electron chi connectivity index (χ0n) is 10.8. The van der Waals surface area contributed by atoms with Crippen LogP contribution in [0.2, 0.25) is 0 Å². The maximum absolute atomic E-state index is 5.19. The minimum absolute atomic E-state index is 0.337. The molecule has 0 aliphatic heterocycles. The molecule has 1 aromatic heterocycles. The summed E-state index contributed by atoms with van der Waals surface area (Å²) in [5.74, 6) is 1.22. The predicted octanol–water partition coefficient (Wildman–Crippen LogP) is 2.44. The molecule has 1 N–H and O–H groups in total. The Bertz CT molecular complexity index is 468. The molecule has 3 nitrogen and oxygen atoms in total. The summed E-state index contributed by atoms with van der Waals surface area (Å²) in [5.41, 5.74) is 2.54. The van der Waals surface area contributed by atoms with Gasteiger partial charge < -0.3 is 10.1 Å². The van der Waals surface area contributed by atoms with Crippen molar-refractivity contribution < 1.29 is 4.74 Å². The van der Waals surface area contributed by atoms with Crippen LogP contribution in [0, 0.1) is 0 Å². The lowest BCUT2D eigenvalue weighted by Gasteiger charge is -2.17. The van der Waals surface area contributed by atoms with E-state index in [0.29, 0.717) is 5.92 Å². The first kappa shape index (κ1) is 12.6. The summed E-state index contributed by atoms with van der Waals surface area (Å²) in [6, 6.07) is 12.3. The van der Waals surface area contributed by atoms with E-state index in [1.54, 1.807) is 7.11 Å². The van der Waals surface area contributed by atoms with Crippen LogP contribution in [0.15, 0.2) is 48.8 Å². The fraction of sp³-hybridized carbons (Fsp3) is 0.267. The molecule has 94 valence electrons. The minimum Gasteiger partial charge on any atom is -0.497 e. The van der Waals surface area contributed by atoms with Gasteiger partial charge in [-0.15, -0.1) is 0 Å². The molecule has 0 aliphatic carbocycles. The number of methoxy groups -OCH3 is 1. The van der Waals surface area contributed by atoms with Crippen molar-refractivity contribution in [3.8, 4) is 5.75 Å². The Kier molecular flexibility index (Phi) is 4.31. The van der Waals surface area contributed by atoms with E-state index in [1.807, 2.05) is 31.6 Å². The first-order valence-corrected chi connectivity index (χ1v) is 6.03. The van der Waals surface area contributed by atoms with Gasteiger partial charge in [-0.1, -0.05) is 12.1 Å². The Morgan fingerprint density at radius 3 is 2.22 bits per heavy atom. The van der Waals surface area contributed by atoms with E-state index < -0.39 is 0 Å². The second-order valence-electron chi connectivity index (χ2n) is 4.16. The van der Waals surface area contributed by atoms with E-state index in [9.17, 15) is 0 Å². The number of aromatic nitrogens is 1. The molecule has 0 amide bonds. The van der Waals surface area contributed by atoms with Crippen LogP contribution in [0.25, 0.3) is 0 Å². The second kappa shape index (κ2) is 6.17. The van der Waals surface area contributed by atoms with E-state index in [1.165, 1.54) is 11.1 Å². The van der Waals surface area contributed by atoms with Gasteiger partial charge in [0.15, 0.2) is 0 Å². The van der Waals surface area contributed by atoms with Crippen LogP contribution >= 0.6 is 0 Å². The smallest absolute Gasteiger partial charge is 0.118 e. The van der Waals surface area contributed by atoms with Crippen LogP contribution in [0.1, 0.15) is 17.0 Å². The number of rotatable bonds is 5. The third kappa shape index (κ3) is 2.87. The van der Waals surface area contributed by atoms with Crippen molar-refractivity contribution in [1.82, 2.24) is 10.3 Å². The molecule has 1 heterocycles. The fourth-order valence-electron chi connectivity index (χ4n) is 2.06. The van der Waals surface area contributed by atoms with Gasteiger partial charge in [0.1, 0.15) is 5.75 Å². The lowest BCUT2D eigenvalue weighted by Crippen LogP contribution is -2.18. The van der Waals surface area contributed by atoms with Crippen LogP contribution < -0.4 is 10.1 Å². The third-order valence-corrected chi connectivity index (χ3v) is 3.03. The van der Waals surface area contributed by atoms with Gasteiger partial charge in [-0.25, -0.2) is 0 Å². The van der Waals surface area contributed by atoms with Gasteiger partial charge in [0.05, 0.1) is 7.11 Å². The average molecular weight is 242 g/mol. The summed E-state index contributed by atoms with van der Waals surface area (Å²) in [6.07, 6.45) is 3.67. The zero-order chi connectivity index (χ0) is 12.8. The Morgan fingerprint density at radius 1 is 1.06 bits per heavy atom. The van der Waals surface area contributed by atoms with Crippen molar-refractivity contribution in [3.63, 3.8) is 0 Å². The summed E-state index contributed by atoms with van der Waals surface area (Å²) in [6.45, 7) is 0.899. The summed E-state index contributed by atoms with van der Waals surface area (Å²) in [5, 5.41) is 3.24. The molecule has 2 aromatic rings. The number of ether oxygens (including phenoxy) is 1. The van der Waals surface area contributed by atoms with Crippen molar-refractivity contribution in [2.45, 2.75) is 5.92 Å². The van der Waals surface area contributed by atoms with E-state index in [4.69, 9.17) is 4.74 Å². The Balaban J connectivity index is 2.29. The highest BCUT2D eigenvalue weighted by atomic mass is 16.5. The highest BCUT2D eigenvalue weighted by molar-refractivity contribution is 5.35. The number of benzene rings is 1. The molecule has 1 aromatic carbocycles. The van der Waals surface area contributed by atoms with E-state index in [-0.39, 0.29) is 0 Å². The van der Waals surface area contributed by atoms with Crippen molar-refractivity contribution >= 4 is 0 Å². The van der Waals surface area contributed by atoms with Gasteiger partial charge in [-0.05, 0) is 42.4 Å². The number of pyridine rings is 1. The number of nitrogens with zero attached hydrogens (tertiary/aromatic N) is 1. The van der Waals surface area contributed by atoms with Crippen LogP contribution in [-0.4, -0.2) is 25.7 Å². The Labute approximate surface area is 108 Å². The van der Waals surface area contributed by atoms with E-state index in [2.05, 4.69) is 34.6 Å². The summed E-state index contributed by atoms with van der Waals surface area (Å²) < 4.78 is 5.19. The normalized spacial score (nSPS) is 12.1. The molecule has 0 radical (unpaired) electrons. The Morgan fingerprint density at radius 2 is 1.67 bits per heavy atom. The maximum atomic E-state index is 5.19. The maximum Gasteiger partial charge on any atom is 0.118 e. The second-order valence-corrected chi connectivity index (χ2v) is 4.16. The molecule has 1 atom stereocenters. The number of nitrogens with one attached hydrogen (secondary N) is 1. The predicted molar refractivity (Wildman–Crippen MR) is 73.0 cm³/mol. The van der Waals surface area contributed by atoms with Gasteiger partial charge >= 0.3 is 0 Å². The molecular formula is C15H18N2O. The molecule has 0 saturated carbocycles. The van der Waals surface area contributed by atoms with E-state index in [0.717, 1.165) is 12.3 Å². The fourth-order valence-corrected chi connectivity index (χ4v) is 2.06. The van der Waals surface area contributed by atoms with E-state index >= 15 is 0 Å². The van der Waals surface area contributed by atoms with Gasteiger partial charge in [-0.3, -0.25) is 4.98 Å². The summed E-state index contributed by atoms with van der Waals surface area (Å²) >= 11 is 0. The molecule has 18 heavy (non-hydrogen) atoms. The minimum atomic E-state index is 0.337. The largest absolute Gasteiger partial charge is 0.497 e. The lowest BCUT2D eigenvalue weighted by atomic mass is 9.92. The molecule has 2 rings (SSSR count). The number of hydrogen-bond acceptors (Lipinski definition) is 3. The summed E-state index contributed by atoms with van der Waals surface area (Å²) in [7, 11) is 3.65. The molecule has 3 heteroatoms. The van der Waals surface area contributed by atoms with Crippen LogP contribution in [-0.2, 0) is 0 Å². The molecular weight excluding hydrogens is 224 g/mol. The van der Waals surface area contributed by atoms with Crippen molar-refractivity contribution in [1.29, 1.82) is 0 Å². The van der Waals surface area contributed by atoms with Crippen LogP contribution in [0.4, 0.5) is 0 Å². The topological polar surface area (TPSA) is 34.2 Å². The van der Waals surface area contributed by atoms with Crippen molar-refractivity contribution in [3.05, 3.63) is 59.9 Å². The van der Waals surface area contributed by atoms with Gasteiger partial charge in [0, 0.05) is 24.9 Å². The third-order valence-electron chi connectivity index (χ3n) is 3.03. The van der Waals surface area contributed by atoms with Crippen molar-refractivity contribution in [2.75, 3.05) is 20.7 Å². The number of hydrogen-bond donors (Lipinski definition) is 1. The monoisotopic (exact) mass is 242 g/mol. The molecule has 1 unspecified atom stereocenters. The standard InChI is InChI=1S/C15H18N2O/c1-16-11-15(13-7-9-17-10-8-13)12-3-5-14(18-2)6-4-12/h3-10,15-16H,11H2,1-2H3. The van der Waals surface area contributed by atoms with Crippen LogP contribution in [0.5, 0.6) is 5.75 Å². The molecule has 0 fully saturated rings. The first-order chi connectivity index (χ1) is 8.85. The van der Waals surface area contributed by atoms with Crippen molar-refractivity contribution in [2.24, 2.45) is 0 Å². The van der Waals surface area contributed by atoms with Gasteiger partial charge in [0.25, 0.3) is 0 Å². The molecule has 0 aliphatic rings. The van der Waals surface area contributed by atoms with Crippen LogP contribution in [0.3, 0.4) is 0 Å². The highest BCUT2D eigenvalue weighted by Gasteiger charge is 2.13. The van der Waals surface area contributed by atoms with Gasteiger partial charge in [0.2, 0.25) is 0 Å². The van der Waals surface area contributed by atoms with Gasteiger partial charge in [-0.2, -0.15) is 0 Å². The quantitative estimate of drug-likeness (QED) is 0.874. The molecule has 0 saturated heterocycles. The highest BCUT2D eigenvalue weighted by Crippen LogP contribution is 2.25. The molecule has 0 spiro atoms. The lowest BCUT2D eigenvalue weighted by molar-refractivity contribution is 0.414.